The summed E-state index contributed by atoms with van der Waals surface area (Å²) in [6.45, 7) is 11.6. The van der Waals surface area contributed by atoms with Gasteiger partial charge in [0.2, 0.25) is 0 Å². The van der Waals surface area contributed by atoms with Crippen LogP contribution in [-0.2, 0) is 5.54 Å². The predicted molar refractivity (Wildman–Crippen MR) is 80.4 cm³/mol. The van der Waals surface area contributed by atoms with Gasteiger partial charge in [0.1, 0.15) is 5.01 Å². The number of hydrogen-bond donors (Lipinski definition) is 1. The van der Waals surface area contributed by atoms with E-state index in [0.29, 0.717) is 11.6 Å². The molecule has 1 N–H and O–H groups in total. The van der Waals surface area contributed by atoms with E-state index in [1.807, 2.05) is 6.20 Å². The van der Waals surface area contributed by atoms with E-state index in [2.05, 4.69) is 48.3 Å². The van der Waals surface area contributed by atoms with Crippen LogP contribution in [0.4, 0.5) is 0 Å². The van der Waals surface area contributed by atoms with Crippen LogP contribution in [0, 0.1) is 5.92 Å². The van der Waals surface area contributed by atoms with Crippen LogP contribution < -0.4 is 5.32 Å². The average Bonchev–Trinajstić information content (AvgIpc) is 3.08. The first kappa shape index (κ1) is 13.5. The highest BCUT2D eigenvalue weighted by atomic mass is 32.1. The van der Waals surface area contributed by atoms with Crippen molar-refractivity contribution in [1.29, 1.82) is 0 Å². The maximum Gasteiger partial charge on any atom is 0.112 e. The van der Waals surface area contributed by atoms with E-state index in [0.717, 1.165) is 19.0 Å². The highest BCUT2D eigenvalue weighted by molar-refractivity contribution is 7.09. The van der Waals surface area contributed by atoms with Crippen molar-refractivity contribution in [3.63, 3.8) is 0 Å². The van der Waals surface area contributed by atoms with Crippen molar-refractivity contribution in [2.24, 2.45) is 5.92 Å². The van der Waals surface area contributed by atoms with Crippen molar-refractivity contribution in [3.8, 4) is 0 Å². The number of rotatable bonds is 3. The molecule has 0 aromatic carbocycles. The molecule has 2 unspecified atom stereocenters. The molecule has 2 heterocycles. The summed E-state index contributed by atoms with van der Waals surface area (Å²) in [7, 11) is 0. The minimum atomic E-state index is 0.0336. The van der Waals surface area contributed by atoms with Crippen molar-refractivity contribution >= 4 is 11.3 Å². The maximum absolute atomic E-state index is 4.56. The lowest BCUT2D eigenvalue weighted by Crippen LogP contribution is -2.66. The van der Waals surface area contributed by atoms with Crippen LogP contribution in [0.25, 0.3) is 0 Å². The second kappa shape index (κ2) is 4.54. The number of nitrogens with one attached hydrogen (secondary N) is 1. The van der Waals surface area contributed by atoms with E-state index < -0.39 is 0 Å². The molecule has 1 saturated heterocycles. The van der Waals surface area contributed by atoms with Crippen molar-refractivity contribution in [3.05, 3.63) is 16.6 Å². The van der Waals surface area contributed by atoms with Crippen LogP contribution in [0.5, 0.6) is 0 Å². The van der Waals surface area contributed by atoms with Gasteiger partial charge in [0, 0.05) is 36.2 Å². The first-order valence-electron chi connectivity index (χ1n) is 7.35. The summed E-state index contributed by atoms with van der Waals surface area (Å²) in [4.78, 5) is 7.22. The molecule has 1 aliphatic heterocycles. The van der Waals surface area contributed by atoms with E-state index in [9.17, 15) is 0 Å². The van der Waals surface area contributed by atoms with Gasteiger partial charge in [-0.05, 0) is 46.5 Å². The fourth-order valence-electron chi connectivity index (χ4n) is 3.45. The van der Waals surface area contributed by atoms with Crippen molar-refractivity contribution < 1.29 is 0 Å². The monoisotopic (exact) mass is 279 g/mol. The van der Waals surface area contributed by atoms with E-state index in [1.165, 1.54) is 17.8 Å². The molecule has 19 heavy (non-hydrogen) atoms. The third-order valence-electron chi connectivity index (χ3n) is 4.98. The second-order valence-corrected chi connectivity index (χ2v) is 7.84. The molecule has 1 saturated carbocycles. The van der Waals surface area contributed by atoms with Crippen LogP contribution in [0.3, 0.4) is 0 Å². The molecule has 2 aliphatic rings. The molecule has 0 amide bonds. The molecule has 0 spiro atoms. The predicted octanol–water partition coefficient (Wildman–Crippen LogP) is 2.84. The number of nitrogens with zero attached hydrogens (tertiary/aromatic N) is 2. The van der Waals surface area contributed by atoms with Crippen molar-refractivity contribution in [2.75, 3.05) is 13.1 Å². The van der Waals surface area contributed by atoms with Crippen molar-refractivity contribution in [2.45, 2.75) is 57.7 Å². The molecule has 2 atom stereocenters. The molecule has 0 bridgehead atoms. The Morgan fingerprint density at radius 2 is 2.21 bits per heavy atom. The maximum atomic E-state index is 4.56. The number of piperazine rings is 1. The quantitative estimate of drug-likeness (QED) is 0.922. The summed E-state index contributed by atoms with van der Waals surface area (Å²) in [5.41, 5.74) is 0.326. The lowest BCUT2D eigenvalue weighted by molar-refractivity contribution is 0.00225. The minimum absolute atomic E-state index is 0.0336. The Morgan fingerprint density at radius 1 is 1.47 bits per heavy atom. The van der Waals surface area contributed by atoms with Gasteiger partial charge in [-0.25, -0.2) is 4.98 Å². The minimum Gasteiger partial charge on any atom is -0.308 e. The van der Waals surface area contributed by atoms with Crippen LogP contribution in [0.1, 0.15) is 45.5 Å². The number of aromatic nitrogens is 1. The van der Waals surface area contributed by atoms with Crippen LogP contribution >= 0.6 is 11.3 Å². The molecule has 1 aromatic rings. The van der Waals surface area contributed by atoms with Crippen molar-refractivity contribution in [1.82, 2.24) is 15.2 Å². The van der Waals surface area contributed by atoms with E-state index in [1.54, 1.807) is 11.3 Å². The fourth-order valence-corrected chi connectivity index (χ4v) is 4.23. The molecule has 3 rings (SSSR count). The lowest BCUT2D eigenvalue weighted by atomic mass is 9.87. The fraction of sp³-hybridized carbons (Fsp3) is 0.800. The zero-order valence-corrected chi connectivity index (χ0v) is 13.3. The van der Waals surface area contributed by atoms with Gasteiger partial charge >= 0.3 is 0 Å². The standard InChI is InChI=1S/C15H25N3S/c1-11-9-17-15(4,12-5-6-12)10-18(11)14(2,3)13-16-7-8-19-13/h7-8,11-12,17H,5-6,9-10H2,1-4H3. The summed E-state index contributed by atoms with van der Waals surface area (Å²) < 4.78 is 0. The second-order valence-electron chi connectivity index (χ2n) is 6.95. The van der Waals surface area contributed by atoms with Crippen LogP contribution in [-0.4, -0.2) is 34.6 Å². The summed E-state index contributed by atoms with van der Waals surface area (Å²) >= 11 is 1.78. The molecule has 106 valence electrons. The Hall–Kier alpha value is -0.450. The van der Waals surface area contributed by atoms with E-state index in [-0.39, 0.29) is 5.54 Å². The normalized spacial score (nSPS) is 33.6. The molecular weight excluding hydrogens is 254 g/mol. The van der Waals surface area contributed by atoms with Gasteiger partial charge < -0.3 is 5.32 Å². The van der Waals surface area contributed by atoms with Gasteiger partial charge in [-0.15, -0.1) is 11.3 Å². The van der Waals surface area contributed by atoms with E-state index in [4.69, 9.17) is 0 Å². The zero-order valence-electron chi connectivity index (χ0n) is 12.4. The third-order valence-corrected chi connectivity index (χ3v) is 6.07. The SMILES string of the molecule is CC1CNC(C)(C2CC2)CN1C(C)(C)c1nccs1. The highest BCUT2D eigenvalue weighted by Gasteiger charge is 2.48. The van der Waals surface area contributed by atoms with Gasteiger partial charge in [-0.2, -0.15) is 0 Å². The lowest BCUT2D eigenvalue weighted by Gasteiger charge is -2.51. The summed E-state index contributed by atoms with van der Waals surface area (Å²) in [6, 6.07) is 0.561. The Kier molecular flexibility index (Phi) is 3.23. The molecule has 0 radical (unpaired) electrons. The van der Waals surface area contributed by atoms with E-state index >= 15 is 0 Å². The molecule has 1 aromatic heterocycles. The zero-order chi connectivity index (χ0) is 13.7. The molecule has 3 nitrogen and oxygen atoms in total. The van der Waals surface area contributed by atoms with Gasteiger partial charge in [-0.3, -0.25) is 4.90 Å². The first-order valence-corrected chi connectivity index (χ1v) is 8.23. The Bertz CT molecular complexity index is 438. The smallest absolute Gasteiger partial charge is 0.112 e. The molecule has 1 aliphatic carbocycles. The summed E-state index contributed by atoms with van der Waals surface area (Å²) in [5.74, 6) is 0.870. The summed E-state index contributed by atoms with van der Waals surface area (Å²) in [5, 5.41) is 7.12. The number of hydrogen-bond acceptors (Lipinski definition) is 4. The first-order chi connectivity index (χ1) is 8.93. The Morgan fingerprint density at radius 3 is 2.79 bits per heavy atom. The van der Waals surface area contributed by atoms with Crippen LogP contribution in [0.15, 0.2) is 11.6 Å². The van der Waals surface area contributed by atoms with Gasteiger partial charge in [0.15, 0.2) is 0 Å². The summed E-state index contributed by atoms with van der Waals surface area (Å²) in [6.07, 6.45) is 4.71. The highest BCUT2D eigenvalue weighted by Crippen LogP contribution is 2.43. The topological polar surface area (TPSA) is 28.2 Å². The molecule has 4 heteroatoms. The Balaban J connectivity index is 1.85. The average molecular weight is 279 g/mol. The third kappa shape index (κ3) is 2.34. The largest absolute Gasteiger partial charge is 0.308 e. The molecule has 2 fully saturated rings. The van der Waals surface area contributed by atoms with Gasteiger partial charge in [0.25, 0.3) is 0 Å². The van der Waals surface area contributed by atoms with Gasteiger partial charge in [0.05, 0.1) is 5.54 Å². The van der Waals surface area contributed by atoms with Gasteiger partial charge in [-0.1, -0.05) is 0 Å². The van der Waals surface area contributed by atoms with Crippen LogP contribution in [0.2, 0.25) is 0 Å². The Labute approximate surface area is 120 Å². The molecular formula is C15H25N3S. The number of thiazole rings is 1.